The average Bonchev–Trinajstić information content (AvgIpc) is 3.04. The molecule has 3 heterocycles. The summed E-state index contributed by atoms with van der Waals surface area (Å²) in [5.41, 5.74) is 1.04. The third kappa shape index (κ3) is 2.87. The fourth-order valence-electron chi connectivity index (χ4n) is 3.39. The van der Waals surface area contributed by atoms with Crippen LogP contribution in [0.25, 0.3) is 0 Å². The Hall–Kier alpha value is -1.49. The molecule has 1 amide bonds. The van der Waals surface area contributed by atoms with Crippen LogP contribution in [-0.2, 0) is 5.34 Å². The predicted molar refractivity (Wildman–Crippen MR) is 88.2 cm³/mol. The first-order valence-electron chi connectivity index (χ1n) is 8.17. The van der Waals surface area contributed by atoms with Gasteiger partial charge in [-0.05, 0) is 24.8 Å². The molecule has 0 unspecified atom stereocenters. The number of likely N-dealkylation sites (tertiary alicyclic amines) is 2. The summed E-state index contributed by atoms with van der Waals surface area (Å²) in [4.78, 5) is 22.0. The lowest BCUT2D eigenvalue weighted by atomic mass is 9.57. The van der Waals surface area contributed by atoms with Crippen LogP contribution in [0.15, 0.2) is 18.2 Å². The highest BCUT2D eigenvalue weighted by atomic mass is 16.6. The van der Waals surface area contributed by atoms with Crippen molar-refractivity contribution >= 4 is 21.6 Å². The lowest BCUT2D eigenvalue weighted by Gasteiger charge is -2.47. The van der Waals surface area contributed by atoms with Crippen molar-refractivity contribution in [3.8, 4) is 0 Å². The number of carbonyl (C=O) groups is 1. The predicted octanol–water partition coefficient (Wildman–Crippen LogP) is -0.332. The van der Waals surface area contributed by atoms with Crippen LogP contribution in [0.3, 0.4) is 0 Å². The van der Waals surface area contributed by atoms with Crippen molar-refractivity contribution in [2.75, 3.05) is 33.3 Å². The van der Waals surface area contributed by atoms with Crippen LogP contribution in [0.4, 0.5) is 0 Å². The van der Waals surface area contributed by atoms with Gasteiger partial charge in [-0.1, -0.05) is 6.92 Å². The van der Waals surface area contributed by atoms with Crippen molar-refractivity contribution in [3.05, 3.63) is 29.6 Å². The molecule has 2 fully saturated rings. The van der Waals surface area contributed by atoms with Crippen LogP contribution in [0.2, 0.25) is 0 Å². The maximum Gasteiger partial charge on any atom is 0.323 e. The summed E-state index contributed by atoms with van der Waals surface area (Å²) in [5, 5.41) is -1.16. The van der Waals surface area contributed by atoms with Gasteiger partial charge in [0, 0.05) is 48.4 Å². The monoisotopic (exact) mass is 310 g/mol. The van der Waals surface area contributed by atoms with E-state index in [0.717, 1.165) is 39.0 Å². The summed E-state index contributed by atoms with van der Waals surface area (Å²) in [6.07, 6.45) is 2.09. The first-order chi connectivity index (χ1) is 10.9. The van der Waals surface area contributed by atoms with Crippen LogP contribution >= 0.6 is 0 Å². The van der Waals surface area contributed by atoms with Crippen LogP contribution in [0.1, 0.15) is 35.9 Å². The third-order valence-corrected chi connectivity index (χ3v) is 4.74. The number of hydrogen-bond donors (Lipinski definition) is 0. The minimum absolute atomic E-state index is 0.0426. The third-order valence-electron chi connectivity index (χ3n) is 4.74. The lowest BCUT2D eigenvalue weighted by molar-refractivity contribution is -0.893. The molecule has 0 N–H and O–H groups in total. The Morgan fingerprint density at radius 3 is 2.52 bits per heavy atom. The molecule has 0 spiro atoms. The number of nitrogens with zero attached hydrogens (tertiary/aromatic N) is 3. The molecule has 5 nitrogen and oxygen atoms in total. The molecular formula is C16H22B2N3O2+. The maximum absolute atomic E-state index is 12.7. The molecule has 0 bridgehead atoms. The molecule has 118 valence electrons. The zero-order valence-corrected chi connectivity index (χ0v) is 13.9. The fourth-order valence-corrected chi connectivity index (χ4v) is 3.39. The van der Waals surface area contributed by atoms with Crippen molar-refractivity contribution in [2.24, 2.45) is 5.92 Å². The summed E-state index contributed by atoms with van der Waals surface area (Å²) < 4.78 is 1.48. The van der Waals surface area contributed by atoms with E-state index >= 15 is 0 Å². The number of amides is 1. The molecule has 23 heavy (non-hydrogen) atoms. The van der Waals surface area contributed by atoms with E-state index in [9.17, 15) is 4.79 Å². The zero-order chi connectivity index (χ0) is 16.6. The van der Waals surface area contributed by atoms with Gasteiger partial charge < -0.3 is 9.80 Å². The maximum atomic E-state index is 12.7. The first kappa shape index (κ1) is 16.4. The summed E-state index contributed by atoms with van der Waals surface area (Å²) in [5.74, 6) is 0.533. The Morgan fingerprint density at radius 1 is 1.30 bits per heavy atom. The second-order valence-electron chi connectivity index (χ2n) is 6.61. The molecule has 2 aliphatic heterocycles. The van der Waals surface area contributed by atoms with Crippen molar-refractivity contribution in [1.29, 1.82) is 0 Å². The molecule has 0 aliphatic carbocycles. The summed E-state index contributed by atoms with van der Waals surface area (Å²) in [6, 6.07) is 5.38. The Morgan fingerprint density at radius 2 is 1.96 bits per heavy atom. The van der Waals surface area contributed by atoms with E-state index in [-0.39, 0.29) is 5.91 Å². The molecule has 2 saturated heterocycles. The number of carbonyl (C=O) groups excluding carboxylic acids is 1. The fraction of sp³-hybridized carbons (Fsp3) is 0.625. The average molecular weight is 310 g/mol. The Balaban J connectivity index is 1.95. The zero-order valence-electron chi connectivity index (χ0n) is 13.9. The van der Waals surface area contributed by atoms with E-state index in [4.69, 9.17) is 20.5 Å². The van der Waals surface area contributed by atoms with Gasteiger partial charge >= 0.3 is 11.6 Å². The second-order valence-corrected chi connectivity index (χ2v) is 6.61. The highest BCUT2D eigenvalue weighted by Gasteiger charge is 2.43. The Bertz CT molecular complexity index is 597. The molecule has 3 rings (SSSR count). The highest BCUT2D eigenvalue weighted by Crippen LogP contribution is 2.28. The SMILES string of the molecule is [B]C([B])(c1cccc(C(=O)N2CCCC2)[n+]1OC)N1CC(C)C1. The molecule has 1 aromatic rings. The van der Waals surface area contributed by atoms with Crippen molar-refractivity contribution in [3.63, 3.8) is 0 Å². The van der Waals surface area contributed by atoms with Gasteiger partial charge in [-0.25, -0.2) is 0 Å². The molecule has 4 radical (unpaired) electrons. The molecule has 0 atom stereocenters. The minimum Gasteiger partial charge on any atom is -0.333 e. The largest absolute Gasteiger partial charge is 0.333 e. The highest BCUT2D eigenvalue weighted by molar-refractivity contribution is 6.39. The van der Waals surface area contributed by atoms with Crippen LogP contribution in [0, 0.1) is 5.92 Å². The van der Waals surface area contributed by atoms with E-state index in [1.165, 1.54) is 11.8 Å². The second kappa shape index (κ2) is 6.19. The number of rotatable bonds is 4. The van der Waals surface area contributed by atoms with Crippen molar-refractivity contribution in [1.82, 2.24) is 9.80 Å². The molecule has 2 aliphatic rings. The molecular weight excluding hydrogens is 288 g/mol. The van der Waals surface area contributed by atoms with Gasteiger partial charge in [0.05, 0.1) is 15.7 Å². The van der Waals surface area contributed by atoms with E-state index in [2.05, 4.69) is 6.92 Å². The van der Waals surface area contributed by atoms with Crippen molar-refractivity contribution in [2.45, 2.75) is 25.1 Å². The van der Waals surface area contributed by atoms with Gasteiger partial charge in [0.2, 0.25) is 5.69 Å². The summed E-state index contributed by atoms with van der Waals surface area (Å²) in [6.45, 7) is 5.39. The van der Waals surface area contributed by atoms with Crippen molar-refractivity contribution < 1.29 is 14.4 Å². The summed E-state index contributed by atoms with van der Waals surface area (Å²) in [7, 11) is 14.3. The van der Waals surface area contributed by atoms with Crippen LogP contribution in [-0.4, -0.2) is 64.7 Å². The quantitative estimate of drug-likeness (QED) is 0.564. The number of aromatic nitrogens is 1. The Kier molecular flexibility index (Phi) is 4.41. The normalized spacial score (nSPS) is 19.7. The topological polar surface area (TPSA) is 36.7 Å². The minimum atomic E-state index is -1.16. The molecule has 1 aromatic heterocycles. The number of hydrogen-bond acceptors (Lipinski definition) is 3. The van der Waals surface area contributed by atoms with Crippen LogP contribution in [0.5, 0.6) is 0 Å². The van der Waals surface area contributed by atoms with E-state index in [1.54, 1.807) is 6.07 Å². The van der Waals surface area contributed by atoms with Gasteiger partial charge in [0.1, 0.15) is 7.11 Å². The molecule has 0 aromatic carbocycles. The van der Waals surface area contributed by atoms with Gasteiger partial charge in [-0.15, -0.1) is 0 Å². The molecule has 7 heteroatoms. The Labute approximate surface area is 140 Å². The van der Waals surface area contributed by atoms with Gasteiger partial charge in [-0.3, -0.25) is 9.63 Å². The van der Waals surface area contributed by atoms with Gasteiger partial charge in [0.25, 0.3) is 0 Å². The van der Waals surface area contributed by atoms with Gasteiger partial charge in [0.15, 0.2) is 0 Å². The van der Waals surface area contributed by atoms with E-state index in [0.29, 0.717) is 17.3 Å². The smallest absolute Gasteiger partial charge is 0.323 e. The van der Waals surface area contributed by atoms with Gasteiger partial charge in [-0.2, -0.15) is 0 Å². The molecule has 0 saturated carbocycles. The standard InChI is InChI=1S/C16H22B2N3O2/c1-12-10-20(11-12)16(17,18)14-7-5-6-13(21(14)23-2)15(22)19-8-3-4-9-19/h5-7,12H,3-4,8-11H2,1-2H3/q+1. The first-order valence-corrected chi connectivity index (χ1v) is 8.17. The summed E-state index contributed by atoms with van der Waals surface area (Å²) >= 11 is 0. The lowest BCUT2D eigenvalue weighted by Crippen LogP contribution is -2.64. The van der Waals surface area contributed by atoms with E-state index < -0.39 is 5.34 Å². The number of pyridine rings is 1. The van der Waals surface area contributed by atoms with Crippen LogP contribution < -0.4 is 9.57 Å². The van der Waals surface area contributed by atoms with E-state index in [1.807, 2.05) is 21.9 Å².